The normalized spacial score (nSPS) is 20.6. The number of para-hydroxylation sites is 1. The Kier molecular flexibility index (Phi) is 3.67. The van der Waals surface area contributed by atoms with Crippen LogP contribution in [0.4, 0.5) is 10.9 Å². The lowest BCUT2D eigenvalue weighted by Gasteiger charge is -2.36. The van der Waals surface area contributed by atoms with Crippen LogP contribution in [0.25, 0.3) is 10.2 Å². The minimum atomic E-state index is 0.443. The van der Waals surface area contributed by atoms with Crippen molar-refractivity contribution in [1.29, 1.82) is 0 Å². The van der Waals surface area contributed by atoms with Gasteiger partial charge in [0.2, 0.25) is 0 Å². The highest BCUT2D eigenvalue weighted by Gasteiger charge is 2.30. The molecule has 4 rings (SSSR count). The zero-order valence-electron chi connectivity index (χ0n) is 11.7. The molecule has 0 amide bonds. The maximum Gasteiger partial charge on any atom is 0.184 e. The molecule has 2 heterocycles. The molecule has 22 heavy (non-hydrogen) atoms. The highest BCUT2D eigenvalue weighted by molar-refractivity contribution is 9.10. The van der Waals surface area contributed by atoms with Gasteiger partial charge in [-0.1, -0.05) is 23.5 Å². The Morgan fingerprint density at radius 2 is 1.95 bits per heavy atom. The van der Waals surface area contributed by atoms with Crippen LogP contribution < -0.4 is 10.6 Å². The molecule has 112 valence electrons. The van der Waals surface area contributed by atoms with Gasteiger partial charge in [0.15, 0.2) is 5.13 Å². The zero-order chi connectivity index (χ0) is 14.9. The van der Waals surface area contributed by atoms with E-state index in [0.717, 1.165) is 33.8 Å². The van der Waals surface area contributed by atoms with Crippen molar-refractivity contribution in [2.24, 2.45) is 0 Å². The van der Waals surface area contributed by atoms with Crippen molar-refractivity contribution in [1.82, 2.24) is 15.0 Å². The number of rotatable bonds is 4. The van der Waals surface area contributed by atoms with Crippen LogP contribution in [0.3, 0.4) is 0 Å². The van der Waals surface area contributed by atoms with Crippen LogP contribution in [0.1, 0.15) is 12.8 Å². The first kappa shape index (κ1) is 13.9. The Morgan fingerprint density at radius 3 is 2.77 bits per heavy atom. The van der Waals surface area contributed by atoms with Crippen molar-refractivity contribution >= 4 is 48.4 Å². The number of benzene rings is 1. The third kappa shape index (κ3) is 2.78. The number of halogens is 1. The van der Waals surface area contributed by atoms with Gasteiger partial charge in [0, 0.05) is 18.3 Å². The average molecular weight is 376 g/mol. The van der Waals surface area contributed by atoms with Crippen LogP contribution in [-0.2, 0) is 0 Å². The molecule has 1 aliphatic carbocycles. The maximum absolute atomic E-state index is 4.62. The summed E-state index contributed by atoms with van der Waals surface area (Å²) in [6.45, 7) is 0. The Bertz CT molecular complexity index is 766. The van der Waals surface area contributed by atoms with Crippen LogP contribution >= 0.6 is 27.3 Å². The number of nitrogens with zero attached hydrogens (tertiary/aromatic N) is 3. The van der Waals surface area contributed by atoms with Crippen LogP contribution in [0, 0.1) is 0 Å². The minimum Gasteiger partial charge on any atom is -0.366 e. The minimum absolute atomic E-state index is 0.443. The molecule has 0 bridgehead atoms. The second-order valence-electron chi connectivity index (χ2n) is 5.36. The number of hydrogen-bond donors (Lipinski definition) is 2. The molecule has 2 aromatic heterocycles. The van der Waals surface area contributed by atoms with Crippen molar-refractivity contribution in [2.75, 3.05) is 10.6 Å². The van der Waals surface area contributed by atoms with E-state index in [1.165, 1.54) is 4.70 Å². The molecule has 0 saturated heterocycles. The molecule has 7 heteroatoms. The van der Waals surface area contributed by atoms with Gasteiger partial charge in [-0.3, -0.25) is 0 Å². The van der Waals surface area contributed by atoms with Gasteiger partial charge < -0.3 is 10.6 Å². The molecule has 1 aliphatic rings. The summed E-state index contributed by atoms with van der Waals surface area (Å²) >= 11 is 5.17. The van der Waals surface area contributed by atoms with Gasteiger partial charge in [-0.25, -0.2) is 15.0 Å². The number of anilines is 2. The van der Waals surface area contributed by atoms with Gasteiger partial charge in [0.1, 0.15) is 12.1 Å². The first-order valence-corrected chi connectivity index (χ1v) is 8.73. The predicted octanol–water partition coefficient (Wildman–Crippen LogP) is 3.90. The lowest BCUT2D eigenvalue weighted by Crippen LogP contribution is -2.43. The summed E-state index contributed by atoms with van der Waals surface area (Å²) in [6.07, 6.45) is 5.44. The van der Waals surface area contributed by atoms with E-state index in [4.69, 9.17) is 0 Å². The number of hydrogen-bond acceptors (Lipinski definition) is 6. The largest absolute Gasteiger partial charge is 0.366 e. The highest BCUT2D eigenvalue weighted by atomic mass is 79.9. The first-order chi connectivity index (χ1) is 10.8. The van der Waals surface area contributed by atoms with Crippen molar-refractivity contribution in [2.45, 2.75) is 24.9 Å². The second kappa shape index (κ2) is 5.81. The van der Waals surface area contributed by atoms with Crippen molar-refractivity contribution < 1.29 is 0 Å². The molecule has 0 aliphatic heterocycles. The fourth-order valence-electron chi connectivity index (χ4n) is 2.57. The molecule has 0 radical (unpaired) electrons. The summed E-state index contributed by atoms with van der Waals surface area (Å²) in [4.78, 5) is 12.8. The number of aromatic nitrogens is 3. The van der Waals surface area contributed by atoms with Gasteiger partial charge in [-0.05, 0) is 40.9 Å². The molecule has 1 fully saturated rings. The van der Waals surface area contributed by atoms with E-state index < -0.39 is 0 Å². The van der Waals surface area contributed by atoms with E-state index in [1.54, 1.807) is 23.9 Å². The SMILES string of the molecule is Brc1cncnc1N[C@H]1C[C@H](Nc2nc3ccccc3s2)C1. The molecular weight excluding hydrogens is 362 g/mol. The van der Waals surface area contributed by atoms with Crippen LogP contribution in [0.15, 0.2) is 41.3 Å². The summed E-state index contributed by atoms with van der Waals surface area (Å²) in [7, 11) is 0. The van der Waals surface area contributed by atoms with E-state index in [0.29, 0.717) is 12.1 Å². The van der Waals surface area contributed by atoms with Crippen LogP contribution in [0.2, 0.25) is 0 Å². The predicted molar refractivity (Wildman–Crippen MR) is 93.4 cm³/mol. The lowest BCUT2D eigenvalue weighted by atomic mass is 9.87. The van der Waals surface area contributed by atoms with Gasteiger partial charge in [0.25, 0.3) is 0 Å². The fourth-order valence-corrected chi connectivity index (χ4v) is 3.85. The molecule has 1 saturated carbocycles. The molecule has 2 N–H and O–H groups in total. The summed E-state index contributed by atoms with van der Waals surface area (Å²) in [5, 5.41) is 7.96. The van der Waals surface area contributed by atoms with E-state index >= 15 is 0 Å². The van der Waals surface area contributed by atoms with E-state index in [2.05, 4.69) is 53.6 Å². The van der Waals surface area contributed by atoms with Crippen molar-refractivity contribution in [3.8, 4) is 0 Å². The van der Waals surface area contributed by atoms with E-state index in [-0.39, 0.29) is 0 Å². The second-order valence-corrected chi connectivity index (χ2v) is 7.24. The summed E-state index contributed by atoms with van der Waals surface area (Å²) in [6, 6.07) is 9.14. The monoisotopic (exact) mass is 375 g/mol. The fraction of sp³-hybridized carbons (Fsp3) is 0.267. The van der Waals surface area contributed by atoms with Crippen molar-refractivity contribution in [3.05, 3.63) is 41.3 Å². The lowest BCUT2D eigenvalue weighted by molar-refractivity contribution is 0.396. The molecule has 5 nitrogen and oxygen atoms in total. The summed E-state index contributed by atoms with van der Waals surface area (Å²) < 4.78 is 2.13. The topological polar surface area (TPSA) is 62.7 Å². The zero-order valence-corrected chi connectivity index (χ0v) is 14.1. The Labute approximate surface area is 140 Å². The van der Waals surface area contributed by atoms with Gasteiger partial charge >= 0.3 is 0 Å². The standard InChI is InChI=1S/C15H14BrN5S/c16-11-7-17-8-18-14(11)19-9-5-10(6-9)20-15-21-12-3-1-2-4-13(12)22-15/h1-4,7-10H,5-6H2,(H,20,21)(H,17,18,19)/t9-,10-. The third-order valence-electron chi connectivity index (χ3n) is 3.77. The summed E-state index contributed by atoms with van der Waals surface area (Å²) in [5.41, 5.74) is 1.06. The van der Waals surface area contributed by atoms with Crippen LogP contribution in [-0.4, -0.2) is 27.0 Å². The third-order valence-corrected chi connectivity index (χ3v) is 5.32. The first-order valence-electron chi connectivity index (χ1n) is 7.12. The molecular formula is C15H14BrN5S. The van der Waals surface area contributed by atoms with E-state index in [9.17, 15) is 0 Å². The Hall–Kier alpha value is -1.73. The highest BCUT2D eigenvalue weighted by Crippen LogP contribution is 2.32. The van der Waals surface area contributed by atoms with Crippen molar-refractivity contribution in [3.63, 3.8) is 0 Å². The Morgan fingerprint density at radius 1 is 1.14 bits per heavy atom. The molecule has 0 spiro atoms. The smallest absolute Gasteiger partial charge is 0.184 e. The number of fused-ring (bicyclic) bond motifs is 1. The molecule has 3 aromatic rings. The summed E-state index contributed by atoms with van der Waals surface area (Å²) in [5.74, 6) is 0.860. The van der Waals surface area contributed by atoms with Gasteiger partial charge in [-0.15, -0.1) is 0 Å². The van der Waals surface area contributed by atoms with E-state index in [1.807, 2.05) is 12.1 Å². The quantitative estimate of drug-likeness (QED) is 0.723. The average Bonchev–Trinajstić information content (AvgIpc) is 2.89. The van der Waals surface area contributed by atoms with Gasteiger partial charge in [-0.2, -0.15) is 0 Å². The molecule has 0 unspecified atom stereocenters. The van der Waals surface area contributed by atoms with Gasteiger partial charge in [0.05, 0.1) is 14.7 Å². The molecule has 0 atom stereocenters. The Balaban J connectivity index is 1.35. The van der Waals surface area contributed by atoms with Crippen LogP contribution in [0.5, 0.6) is 0 Å². The molecule has 1 aromatic carbocycles. The maximum atomic E-state index is 4.62. The number of nitrogens with one attached hydrogen (secondary N) is 2. The number of thiazole rings is 1.